The topological polar surface area (TPSA) is 60.9 Å². The molecule has 0 N–H and O–H groups in total. The Morgan fingerprint density at radius 2 is 1.78 bits per heavy atom. The van der Waals surface area contributed by atoms with Crippen molar-refractivity contribution in [1.29, 1.82) is 0 Å². The van der Waals surface area contributed by atoms with Crippen molar-refractivity contribution in [1.82, 2.24) is 9.88 Å². The van der Waals surface area contributed by atoms with Crippen molar-refractivity contribution >= 4 is 17.2 Å². The Morgan fingerprint density at radius 1 is 1.06 bits per heavy atom. The molecule has 2 aromatic carbocycles. The number of carbonyl (C=O) groups excluding carboxylic acids is 1. The summed E-state index contributed by atoms with van der Waals surface area (Å²) >= 11 is 1.43. The van der Waals surface area contributed by atoms with Crippen molar-refractivity contribution in [2.45, 2.75) is 19.8 Å². The number of carbonyl (C=O) groups is 1. The number of thiazole rings is 1. The summed E-state index contributed by atoms with van der Waals surface area (Å²) in [6.07, 6.45) is 1.89. The number of hydrogen-bond donors (Lipinski definition) is 0. The van der Waals surface area contributed by atoms with Crippen LogP contribution in [0.3, 0.4) is 0 Å². The quantitative estimate of drug-likeness (QED) is 0.501. The van der Waals surface area contributed by atoms with E-state index >= 15 is 0 Å². The number of para-hydroxylation sites is 1. The van der Waals surface area contributed by atoms with Crippen molar-refractivity contribution in [3.63, 3.8) is 0 Å². The van der Waals surface area contributed by atoms with Crippen molar-refractivity contribution < 1.29 is 19.0 Å². The summed E-state index contributed by atoms with van der Waals surface area (Å²) in [5.74, 6) is 2.73. The second-order valence-electron chi connectivity index (χ2n) is 7.86. The number of hydrogen-bond acceptors (Lipinski definition) is 6. The van der Waals surface area contributed by atoms with Crippen LogP contribution in [0.25, 0.3) is 10.6 Å². The maximum atomic E-state index is 13.2. The molecule has 4 rings (SSSR count). The molecule has 0 bridgehead atoms. The Morgan fingerprint density at radius 3 is 2.47 bits per heavy atom. The first-order valence-corrected chi connectivity index (χ1v) is 11.6. The van der Waals surface area contributed by atoms with Gasteiger partial charge in [-0.3, -0.25) is 4.79 Å². The molecule has 2 heterocycles. The summed E-state index contributed by atoms with van der Waals surface area (Å²) in [6, 6.07) is 15.6. The third kappa shape index (κ3) is 4.88. The molecule has 6 nitrogen and oxygen atoms in total. The molecule has 1 aliphatic rings. The predicted octanol–water partition coefficient (Wildman–Crippen LogP) is 5.07. The molecule has 1 aliphatic heterocycles. The minimum atomic E-state index is 0.0640. The van der Waals surface area contributed by atoms with Crippen LogP contribution in [0.4, 0.5) is 0 Å². The van der Waals surface area contributed by atoms with Crippen LogP contribution >= 0.6 is 11.3 Å². The number of likely N-dealkylation sites (tertiary alicyclic amines) is 1. The molecular weight excluding hydrogens is 424 g/mol. The number of ether oxygens (including phenoxy) is 3. The van der Waals surface area contributed by atoms with E-state index in [2.05, 4.69) is 4.98 Å². The first-order chi connectivity index (χ1) is 15.6. The van der Waals surface area contributed by atoms with Gasteiger partial charge >= 0.3 is 0 Å². The van der Waals surface area contributed by atoms with Gasteiger partial charge in [-0.15, -0.1) is 11.3 Å². The lowest BCUT2D eigenvalue weighted by Gasteiger charge is -2.31. The number of rotatable bonds is 7. The number of amides is 1. The fourth-order valence-corrected chi connectivity index (χ4v) is 4.90. The van der Waals surface area contributed by atoms with Gasteiger partial charge in [0.1, 0.15) is 15.6 Å². The minimum Gasteiger partial charge on any atom is -0.493 e. The van der Waals surface area contributed by atoms with Crippen LogP contribution in [0, 0.1) is 12.8 Å². The van der Waals surface area contributed by atoms with E-state index in [4.69, 9.17) is 14.2 Å². The van der Waals surface area contributed by atoms with Gasteiger partial charge in [0, 0.05) is 18.7 Å². The highest BCUT2D eigenvalue weighted by molar-refractivity contribution is 7.17. The van der Waals surface area contributed by atoms with Crippen LogP contribution in [0.5, 0.6) is 17.2 Å². The molecule has 7 heteroatoms. The standard InChI is InChI=1S/C25H28N2O4S/c1-17-23(32-24(26-17)19-9-10-21(29-2)22(15-19)30-3)25(28)27-13-11-18(12-14-27)16-31-20-7-5-4-6-8-20/h4-10,15,18H,11-14,16H2,1-3H3. The molecule has 0 spiro atoms. The van der Waals surface area contributed by atoms with E-state index in [-0.39, 0.29) is 5.91 Å². The lowest BCUT2D eigenvalue weighted by Crippen LogP contribution is -2.39. The van der Waals surface area contributed by atoms with Gasteiger partial charge in [-0.2, -0.15) is 0 Å². The van der Waals surface area contributed by atoms with Crippen LogP contribution in [-0.4, -0.2) is 49.7 Å². The second kappa shape index (κ2) is 10.0. The maximum absolute atomic E-state index is 13.2. The smallest absolute Gasteiger partial charge is 0.265 e. The molecule has 0 atom stereocenters. The van der Waals surface area contributed by atoms with E-state index in [1.165, 1.54) is 11.3 Å². The molecular formula is C25H28N2O4S. The molecule has 168 valence electrons. The Bertz CT molecular complexity index is 1060. The van der Waals surface area contributed by atoms with Crippen molar-refractivity contribution in [3.05, 3.63) is 59.1 Å². The van der Waals surface area contributed by atoms with Crippen LogP contribution < -0.4 is 14.2 Å². The highest BCUT2D eigenvalue weighted by atomic mass is 32.1. The number of aryl methyl sites for hydroxylation is 1. The molecule has 1 fully saturated rings. The lowest BCUT2D eigenvalue weighted by molar-refractivity contribution is 0.0665. The van der Waals surface area contributed by atoms with Gasteiger partial charge in [0.25, 0.3) is 5.91 Å². The monoisotopic (exact) mass is 452 g/mol. The molecule has 1 aromatic heterocycles. The molecule has 0 unspecified atom stereocenters. The molecule has 0 radical (unpaired) electrons. The van der Waals surface area contributed by atoms with E-state index in [9.17, 15) is 4.79 Å². The fraction of sp³-hybridized carbons (Fsp3) is 0.360. The van der Waals surface area contributed by atoms with Crippen molar-refractivity contribution in [3.8, 4) is 27.8 Å². The average molecular weight is 453 g/mol. The van der Waals surface area contributed by atoms with E-state index in [1.54, 1.807) is 14.2 Å². The van der Waals surface area contributed by atoms with E-state index in [0.717, 1.165) is 47.9 Å². The summed E-state index contributed by atoms with van der Waals surface area (Å²) in [6.45, 7) is 4.07. The van der Waals surface area contributed by atoms with Gasteiger partial charge in [-0.25, -0.2) is 4.98 Å². The summed E-state index contributed by atoms with van der Waals surface area (Å²) in [5, 5.41) is 0.804. The number of aromatic nitrogens is 1. The SMILES string of the molecule is COc1ccc(-c2nc(C)c(C(=O)N3CCC(COc4ccccc4)CC3)s2)cc1OC. The van der Waals surface area contributed by atoms with E-state index in [1.807, 2.05) is 60.4 Å². The summed E-state index contributed by atoms with van der Waals surface area (Å²) in [7, 11) is 3.22. The molecule has 0 saturated carbocycles. The van der Waals surface area contributed by atoms with Crippen LogP contribution in [0.15, 0.2) is 48.5 Å². The highest BCUT2D eigenvalue weighted by Gasteiger charge is 2.27. The van der Waals surface area contributed by atoms with Crippen molar-refractivity contribution in [2.24, 2.45) is 5.92 Å². The number of piperidine rings is 1. The zero-order valence-electron chi connectivity index (χ0n) is 18.7. The minimum absolute atomic E-state index is 0.0640. The predicted molar refractivity (Wildman–Crippen MR) is 126 cm³/mol. The zero-order valence-corrected chi connectivity index (χ0v) is 19.5. The molecule has 3 aromatic rings. The van der Waals surface area contributed by atoms with Gasteiger partial charge in [0.2, 0.25) is 0 Å². The Kier molecular flexibility index (Phi) is 6.95. The Labute approximate surface area is 192 Å². The van der Waals surface area contributed by atoms with Crippen LogP contribution in [0.1, 0.15) is 28.2 Å². The second-order valence-corrected chi connectivity index (χ2v) is 8.86. The average Bonchev–Trinajstić information content (AvgIpc) is 3.24. The number of nitrogens with zero attached hydrogens (tertiary/aromatic N) is 2. The lowest BCUT2D eigenvalue weighted by atomic mass is 9.97. The van der Waals surface area contributed by atoms with Crippen LogP contribution in [-0.2, 0) is 0 Å². The number of benzene rings is 2. The summed E-state index contributed by atoms with van der Waals surface area (Å²) in [5.41, 5.74) is 1.67. The Hall–Kier alpha value is -3.06. The largest absolute Gasteiger partial charge is 0.493 e. The summed E-state index contributed by atoms with van der Waals surface area (Å²) in [4.78, 5) is 20.5. The molecule has 1 saturated heterocycles. The first-order valence-electron chi connectivity index (χ1n) is 10.8. The molecule has 0 aliphatic carbocycles. The van der Waals surface area contributed by atoms with E-state index < -0.39 is 0 Å². The Balaban J connectivity index is 1.39. The first kappa shape index (κ1) is 22.1. The van der Waals surface area contributed by atoms with Gasteiger partial charge in [0.05, 0.1) is 26.5 Å². The third-order valence-corrected chi connectivity index (χ3v) is 6.95. The summed E-state index contributed by atoms with van der Waals surface area (Å²) < 4.78 is 16.6. The van der Waals surface area contributed by atoms with Gasteiger partial charge in [-0.1, -0.05) is 18.2 Å². The molecule has 32 heavy (non-hydrogen) atoms. The zero-order chi connectivity index (χ0) is 22.5. The van der Waals surface area contributed by atoms with Gasteiger partial charge in [-0.05, 0) is 56.0 Å². The molecule has 1 amide bonds. The highest BCUT2D eigenvalue weighted by Crippen LogP contribution is 2.35. The maximum Gasteiger partial charge on any atom is 0.265 e. The van der Waals surface area contributed by atoms with Gasteiger partial charge in [0.15, 0.2) is 11.5 Å². The normalized spacial score (nSPS) is 14.3. The third-order valence-electron chi connectivity index (χ3n) is 5.75. The van der Waals surface area contributed by atoms with E-state index in [0.29, 0.717) is 28.9 Å². The number of methoxy groups -OCH3 is 2. The van der Waals surface area contributed by atoms with Gasteiger partial charge < -0.3 is 19.1 Å². The van der Waals surface area contributed by atoms with Crippen LogP contribution in [0.2, 0.25) is 0 Å². The fourth-order valence-electron chi connectivity index (χ4n) is 3.86. The van der Waals surface area contributed by atoms with Crippen molar-refractivity contribution in [2.75, 3.05) is 33.9 Å².